The fourth-order valence-electron chi connectivity index (χ4n) is 7.79. The zero-order chi connectivity index (χ0) is 44.1. The van der Waals surface area contributed by atoms with Crippen LogP contribution in [0.4, 0.5) is 0 Å². The second-order valence-corrected chi connectivity index (χ2v) is 17.6. The predicted octanol–water partition coefficient (Wildman–Crippen LogP) is 9.81. The molecular weight excluding hydrogens is 759 g/mol. The maximum absolute atomic E-state index is 13.1. The van der Waals surface area contributed by atoms with Crippen molar-refractivity contribution in [2.45, 2.75) is 262 Å². The van der Waals surface area contributed by atoms with E-state index in [1.807, 2.05) is 6.08 Å². The van der Waals surface area contributed by atoms with E-state index in [0.29, 0.717) is 19.3 Å². The van der Waals surface area contributed by atoms with E-state index in [1.54, 1.807) is 6.08 Å². The minimum atomic E-state index is -1.62. The number of allylic oxidation sites excluding steroid dienone is 5. The number of aliphatic hydroxyl groups excluding tert-OH is 6. The highest BCUT2D eigenvalue weighted by atomic mass is 16.7. The van der Waals surface area contributed by atoms with Crippen molar-refractivity contribution in [3.8, 4) is 0 Å². The third-order valence-electron chi connectivity index (χ3n) is 11.9. The summed E-state index contributed by atoms with van der Waals surface area (Å²) in [5.74, 6) is -0.631. The van der Waals surface area contributed by atoms with Gasteiger partial charge in [-0.25, -0.2) is 0 Å². The SMILES string of the molecule is CCCCCCC/C=C/C(C)=C/CC/C=C/[C@@H](O)[C@H](CO[C@@H]1OC(CO)[C@@H](O)C(O)C1O)NC(=O)[C@H](O)CCCCCCCCCCCCCCCCCCCCCCC. The fourth-order valence-corrected chi connectivity index (χ4v) is 7.79. The number of nitrogens with one attached hydrogen (secondary N) is 1. The van der Waals surface area contributed by atoms with Gasteiger partial charge in [-0.1, -0.05) is 210 Å². The van der Waals surface area contributed by atoms with Gasteiger partial charge >= 0.3 is 0 Å². The number of rotatable bonds is 40. The largest absolute Gasteiger partial charge is 0.394 e. The molecule has 1 rings (SSSR count). The lowest BCUT2D eigenvalue weighted by Gasteiger charge is -2.40. The molecule has 0 aliphatic carbocycles. The average Bonchev–Trinajstić information content (AvgIpc) is 3.24. The van der Waals surface area contributed by atoms with E-state index in [-0.39, 0.29) is 6.61 Å². The lowest BCUT2D eigenvalue weighted by molar-refractivity contribution is -0.302. The molecular formula is C50H93NO9. The normalized spacial score (nSPS) is 21.6. The van der Waals surface area contributed by atoms with Crippen LogP contribution in [0.1, 0.15) is 213 Å². The van der Waals surface area contributed by atoms with Crippen LogP contribution in [0.3, 0.4) is 0 Å². The summed E-state index contributed by atoms with van der Waals surface area (Å²) in [6, 6.07) is -1.01. The Kier molecular flexibility index (Phi) is 36.7. The van der Waals surface area contributed by atoms with Crippen molar-refractivity contribution in [3.63, 3.8) is 0 Å². The summed E-state index contributed by atoms with van der Waals surface area (Å²) in [5, 5.41) is 64.8. The number of unbranched alkanes of at least 4 members (excludes halogenated alkanes) is 26. The van der Waals surface area contributed by atoms with E-state index < -0.39 is 61.5 Å². The molecule has 1 fully saturated rings. The van der Waals surface area contributed by atoms with Gasteiger partial charge < -0.3 is 45.4 Å². The number of carbonyl (C=O) groups excluding carboxylic acids is 1. The van der Waals surface area contributed by atoms with E-state index >= 15 is 0 Å². The van der Waals surface area contributed by atoms with Crippen molar-refractivity contribution in [2.24, 2.45) is 0 Å². The smallest absolute Gasteiger partial charge is 0.249 e. The standard InChI is InChI=1S/C50H93NO9/c1-4-6-8-10-12-13-14-15-16-17-18-19-20-21-22-23-24-25-27-29-33-38-44(54)49(58)51-42(40-59-50-48(57)47(56)46(55)45(39-52)60-50)43(53)37-34-30-32-36-41(3)35-31-28-26-11-9-7-5-2/h31,34-37,42-48,50,52-57H,4-30,32-33,38-40H2,1-3H3,(H,51,58)/b35-31+,37-34+,41-36+/t42-,43+,44+,45?,46+,47?,48?,50+/m0/s1. The Balaban J connectivity index is 2.40. The highest BCUT2D eigenvalue weighted by Crippen LogP contribution is 2.23. The molecule has 7 N–H and O–H groups in total. The summed E-state index contributed by atoms with van der Waals surface area (Å²) < 4.78 is 11.1. The first-order valence-corrected chi connectivity index (χ1v) is 24.7. The topological polar surface area (TPSA) is 169 Å². The van der Waals surface area contributed by atoms with Gasteiger partial charge in [-0.3, -0.25) is 4.79 Å². The van der Waals surface area contributed by atoms with Crippen molar-refractivity contribution in [1.82, 2.24) is 5.32 Å². The highest BCUT2D eigenvalue weighted by Gasteiger charge is 2.44. The van der Waals surface area contributed by atoms with Gasteiger partial charge in [0.15, 0.2) is 6.29 Å². The molecule has 352 valence electrons. The molecule has 0 aromatic heterocycles. The van der Waals surface area contributed by atoms with E-state index in [1.165, 1.54) is 147 Å². The molecule has 1 aliphatic rings. The van der Waals surface area contributed by atoms with Crippen molar-refractivity contribution in [2.75, 3.05) is 13.2 Å². The minimum absolute atomic E-state index is 0.302. The van der Waals surface area contributed by atoms with Crippen LogP contribution in [-0.2, 0) is 14.3 Å². The molecule has 10 nitrogen and oxygen atoms in total. The fraction of sp³-hybridized carbons (Fsp3) is 0.860. The first kappa shape index (κ1) is 56.4. The summed E-state index contributed by atoms with van der Waals surface area (Å²) in [5.41, 5.74) is 1.18. The number of carbonyl (C=O) groups is 1. The molecule has 1 aliphatic heterocycles. The molecule has 0 aromatic carbocycles. The zero-order valence-corrected chi connectivity index (χ0v) is 38.5. The van der Waals surface area contributed by atoms with Gasteiger partial charge in [0.05, 0.1) is 25.4 Å². The van der Waals surface area contributed by atoms with Crippen LogP contribution in [0.5, 0.6) is 0 Å². The first-order chi connectivity index (χ1) is 29.2. The Morgan fingerprint density at radius 1 is 0.633 bits per heavy atom. The maximum atomic E-state index is 13.1. The van der Waals surface area contributed by atoms with Crippen LogP contribution in [0.2, 0.25) is 0 Å². The Morgan fingerprint density at radius 2 is 1.12 bits per heavy atom. The van der Waals surface area contributed by atoms with E-state index in [9.17, 15) is 35.4 Å². The molecule has 1 amide bonds. The van der Waals surface area contributed by atoms with Gasteiger partial charge in [0.25, 0.3) is 0 Å². The Morgan fingerprint density at radius 3 is 1.62 bits per heavy atom. The number of hydrogen-bond acceptors (Lipinski definition) is 9. The third-order valence-corrected chi connectivity index (χ3v) is 11.9. The number of hydrogen-bond donors (Lipinski definition) is 7. The van der Waals surface area contributed by atoms with Crippen LogP contribution in [0.15, 0.2) is 36.0 Å². The lowest BCUT2D eigenvalue weighted by Crippen LogP contribution is -2.60. The molecule has 3 unspecified atom stereocenters. The van der Waals surface area contributed by atoms with Crippen molar-refractivity contribution >= 4 is 5.91 Å². The number of ether oxygens (including phenoxy) is 2. The average molecular weight is 852 g/mol. The number of amides is 1. The quantitative estimate of drug-likeness (QED) is 0.0180. The zero-order valence-electron chi connectivity index (χ0n) is 38.5. The monoisotopic (exact) mass is 852 g/mol. The van der Waals surface area contributed by atoms with Crippen LogP contribution in [0.25, 0.3) is 0 Å². The summed E-state index contributed by atoms with van der Waals surface area (Å²) in [6.45, 7) is 5.64. The van der Waals surface area contributed by atoms with Crippen LogP contribution in [0, 0.1) is 0 Å². The summed E-state index contributed by atoms with van der Waals surface area (Å²) in [6.07, 6.45) is 36.3. The third kappa shape index (κ3) is 28.9. The molecule has 10 heteroatoms. The van der Waals surface area contributed by atoms with E-state index in [0.717, 1.165) is 32.1 Å². The van der Waals surface area contributed by atoms with E-state index in [4.69, 9.17) is 9.47 Å². The van der Waals surface area contributed by atoms with Crippen molar-refractivity contribution in [1.29, 1.82) is 0 Å². The summed E-state index contributed by atoms with van der Waals surface area (Å²) in [7, 11) is 0. The highest BCUT2D eigenvalue weighted by molar-refractivity contribution is 5.80. The molecule has 1 heterocycles. The molecule has 0 aromatic rings. The van der Waals surface area contributed by atoms with Gasteiger partial charge in [-0.15, -0.1) is 0 Å². The Bertz CT molecular complexity index is 1080. The molecule has 0 radical (unpaired) electrons. The van der Waals surface area contributed by atoms with Gasteiger partial charge in [-0.2, -0.15) is 0 Å². The summed E-state index contributed by atoms with van der Waals surface area (Å²) >= 11 is 0. The number of aliphatic hydroxyl groups is 6. The van der Waals surface area contributed by atoms with Gasteiger partial charge in [0.2, 0.25) is 5.91 Å². The molecule has 0 saturated carbocycles. The van der Waals surface area contributed by atoms with Gasteiger partial charge in [0, 0.05) is 0 Å². The summed E-state index contributed by atoms with van der Waals surface area (Å²) in [4.78, 5) is 13.1. The molecule has 0 bridgehead atoms. The molecule has 60 heavy (non-hydrogen) atoms. The molecule has 1 saturated heterocycles. The second kappa shape index (κ2) is 39.0. The van der Waals surface area contributed by atoms with Crippen LogP contribution >= 0.6 is 0 Å². The van der Waals surface area contributed by atoms with Crippen LogP contribution < -0.4 is 5.32 Å². The Hall–Kier alpha value is -1.63. The predicted molar refractivity (Wildman–Crippen MR) is 246 cm³/mol. The van der Waals surface area contributed by atoms with Gasteiger partial charge in [-0.05, 0) is 39.0 Å². The van der Waals surface area contributed by atoms with Crippen molar-refractivity contribution in [3.05, 3.63) is 36.0 Å². The van der Waals surface area contributed by atoms with Gasteiger partial charge in [0.1, 0.15) is 30.5 Å². The van der Waals surface area contributed by atoms with Crippen molar-refractivity contribution < 1.29 is 44.9 Å². The first-order valence-electron chi connectivity index (χ1n) is 24.7. The maximum Gasteiger partial charge on any atom is 0.249 e. The minimum Gasteiger partial charge on any atom is -0.394 e. The van der Waals surface area contributed by atoms with Crippen LogP contribution in [-0.4, -0.2) is 98.7 Å². The molecule has 0 spiro atoms. The molecule has 8 atom stereocenters. The Labute approximate surface area is 366 Å². The van der Waals surface area contributed by atoms with E-state index in [2.05, 4.69) is 44.3 Å². The second-order valence-electron chi connectivity index (χ2n) is 17.6. The lowest BCUT2D eigenvalue weighted by atomic mass is 9.99.